The molecule has 2 saturated heterocycles. The van der Waals surface area contributed by atoms with Gasteiger partial charge in [-0.1, -0.05) is 6.07 Å². The zero-order valence-electron chi connectivity index (χ0n) is 13.4. The second kappa shape index (κ2) is 7.44. The van der Waals surface area contributed by atoms with E-state index >= 15 is 0 Å². The summed E-state index contributed by atoms with van der Waals surface area (Å²) in [6, 6.07) is 3.19. The molecule has 2 aliphatic rings. The van der Waals surface area contributed by atoms with Crippen LogP contribution in [0, 0.1) is 17.6 Å². The summed E-state index contributed by atoms with van der Waals surface area (Å²) in [5.74, 6) is -1.71. The number of amides is 2. The highest BCUT2D eigenvalue weighted by atomic mass is 19.2. The molecule has 2 amide bonds. The molecule has 0 aliphatic carbocycles. The molecule has 1 aromatic carbocycles. The van der Waals surface area contributed by atoms with E-state index < -0.39 is 17.7 Å². The maximum atomic E-state index is 13.4. The lowest BCUT2D eigenvalue weighted by Gasteiger charge is -2.33. The number of aliphatic hydroxyl groups is 1. The lowest BCUT2D eigenvalue weighted by Crippen LogP contribution is -2.49. The monoisotopic (exact) mass is 340 g/mol. The van der Waals surface area contributed by atoms with Crippen LogP contribution in [0.1, 0.15) is 30.9 Å². The average molecular weight is 340 g/mol. The fourth-order valence-electron chi connectivity index (χ4n) is 3.40. The van der Waals surface area contributed by atoms with Crippen LogP contribution in [0.15, 0.2) is 18.2 Å². The van der Waals surface area contributed by atoms with E-state index in [0.29, 0.717) is 31.7 Å². The zero-order valence-corrected chi connectivity index (χ0v) is 13.4. The van der Waals surface area contributed by atoms with Crippen molar-refractivity contribution in [3.05, 3.63) is 35.4 Å². The van der Waals surface area contributed by atoms with Crippen LogP contribution in [0.5, 0.6) is 0 Å². The molecule has 7 heteroatoms. The third kappa shape index (κ3) is 3.67. The molecule has 2 aliphatic heterocycles. The molecular formula is C17H22F2N2O3. The molecule has 132 valence electrons. The van der Waals surface area contributed by atoms with E-state index in [4.69, 9.17) is 4.74 Å². The first-order valence-electron chi connectivity index (χ1n) is 8.31. The Labute approximate surface area is 139 Å². The molecule has 0 spiro atoms. The van der Waals surface area contributed by atoms with Crippen molar-refractivity contribution in [1.29, 1.82) is 0 Å². The van der Waals surface area contributed by atoms with E-state index in [1.165, 1.54) is 6.07 Å². The maximum Gasteiger partial charge on any atom is 0.317 e. The minimum atomic E-state index is -0.921. The van der Waals surface area contributed by atoms with Crippen LogP contribution in [0.2, 0.25) is 0 Å². The second-order valence-corrected chi connectivity index (χ2v) is 6.45. The minimum Gasteiger partial charge on any atom is -0.396 e. The summed E-state index contributed by atoms with van der Waals surface area (Å²) in [6.45, 7) is 1.72. The van der Waals surface area contributed by atoms with Crippen LogP contribution in [-0.2, 0) is 4.74 Å². The highest BCUT2D eigenvalue weighted by Gasteiger charge is 2.33. The number of carbonyl (C=O) groups excluding carboxylic acids is 1. The Morgan fingerprint density at radius 3 is 2.92 bits per heavy atom. The number of hydrogen-bond donors (Lipinski definition) is 2. The third-order valence-corrected chi connectivity index (χ3v) is 4.74. The summed E-state index contributed by atoms with van der Waals surface area (Å²) < 4.78 is 32.2. The number of likely N-dealkylation sites (tertiary alicyclic amines) is 1. The van der Waals surface area contributed by atoms with Crippen molar-refractivity contribution >= 4 is 6.03 Å². The number of halogens is 2. The molecule has 2 fully saturated rings. The Morgan fingerprint density at radius 1 is 1.33 bits per heavy atom. The smallest absolute Gasteiger partial charge is 0.317 e. The summed E-state index contributed by atoms with van der Waals surface area (Å²) in [4.78, 5) is 14.2. The maximum absolute atomic E-state index is 13.4. The first-order chi connectivity index (χ1) is 11.6. The number of carbonyl (C=O) groups is 1. The number of urea groups is 1. The lowest BCUT2D eigenvalue weighted by molar-refractivity contribution is 0.0941. The SMILES string of the molecule is O=C(NC1CCOC1c1ccc(F)c(F)c1)N1CCCC(CO)C1. The molecule has 3 atom stereocenters. The quantitative estimate of drug-likeness (QED) is 0.887. The average Bonchev–Trinajstić information content (AvgIpc) is 3.05. The van der Waals surface area contributed by atoms with E-state index in [-0.39, 0.29) is 24.6 Å². The number of nitrogens with one attached hydrogen (secondary N) is 1. The van der Waals surface area contributed by atoms with E-state index in [0.717, 1.165) is 25.0 Å². The largest absolute Gasteiger partial charge is 0.396 e. The molecular weight excluding hydrogens is 318 g/mol. The van der Waals surface area contributed by atoms with Crippen LogP contribution in [0.3, 0.4) is 0 Å². The van der Waals surface area contributed by atoms with Crippen LogP contribution < -0.4 is 5.32 Å². The van der Waals surface area contributed by atoms with Gasteiger partial charge in [-0.05, 0) is 42.9 Å². The Kier molecular flexibility index (Phi) is 5.30. The molecule has 0 saturated carbocycles. The predicted molar refractivity (Wildman–Crippen MR) is 83.4 cm³/mol. The van der Waals surface area contributed by atoms with Crippen LogP contribution in [-0.4, -0.2) is 48.4 Å². The number of piperidine rings is 1. The van der Waals surface area contributed by atoms with Crippen LogP contribution in [0.4, 0.5) is 13.6 Å². The van der Waals surface area contributed by atoms with Crippen LogP contribution >= 0.6 is 0 Å². The number of benzene rings is 1. The predicted octanol–water partition coefficient (Wildman–Crippen LogP) is 2.21. The lowest BCUT2D eigenvalue weighted by atomic mass is 9.99. The van der Waals surface area contributed by atoms with Gasteiger partial charge in [0.05, 0.1) is 6.04 Å². The molecule has 2 heterocycles. The second-order valence-electron chi connectivity index (χ2n) is 6.45. The number of nitrogens with zero attached hydrogens (tertiary/aromatic N) is 1. The number of hydrogen-bond acceptors (Lipinski definition) is 3. The Hall–Kier alpha value is -1.73. The molecule has 3 unspecified atom stereocenters. The summed E-state index contributed by atoms with van der Waals surface area (Å²) in [5.41, 5.74) is 0.517. The number of rotatable bonds is 3. The zero-order chi connectivity index (χ0) is 17.1. The van der Waals surface area contributed by atoms with Crippen molar-refractivity contribution < 1.29 is 23.4 Å². The van der Waals surface area contributed by atoms with Gasteiger partial charge in [-0.2, -0.15) is 0 Å². The van der Waals surface area contributed by atoms with Gasteiger partial charge in [-0.3, -0.25) is 0 Å². The summed E-state index contributed by atoms with van der Waals surface area (Å²) in [5, 5.41) is 12.2. The molecule has 0 aromatic heterocycles. The van der Waals surface area contributed by atoms with Crippen molar-refractivity contribution in [2.24, 2.45) is 5.92 Å². The highest BCUT2D eigenvalue weighted by molar-refractivity contribution is 5.74. The molecule has 0 radical (unpaired) electrons. The Bertz CT molecular complexity index is 599. The fraction of sp³-hybridized carbons (Fsp3) is 0.588. The Balaban J connectivity index is 1.65. The molecule has 0 bridgehead atoms. The highest BCUT2D eigenvalue weighted by Crippen LogP contribution is 2.30. The molecule has 24 heavy (non-hydrogen) atoms. The van der Waals surface area contributed by atoms with Gasteiger partial charge in [0.25, 0.3) is 0 Å². The minimum absolute atomic E-state index is 0.0772. The third-order valence-electron chi connectivity index (χ3n) is 4.74. The standard InChI is InChI=1S/C17H22F2N2O3/c18-13-4-3-12(8-14(13)19)16-15(5-7-24-16)20-17(23)21-6-1-2-11(9-21)10-22/h3-4,8,11,15-16,22H,1-2,5-7,9-10H2,(H,20,23). The molecule has 3 rings (SSSR count). The summed E-state index contributed by atoms with van der Waals surface area (Å²) in [7, 11) is 0. The van der Waals surface area contributed by atoms with Gasteiger partial charge in [0.1, 0.15) is 6.10 Å². The van der Waals surface area contributed by atoms with Crippen LogP contribution in [0.25, 0.3) is 0 Å². The van der Waals surface area contributed by atoms with Crippen molar-refractivity contribution in [3.8, 4) is 0 Å². The van der Waals surface area contributed by atoms with Gasteiger partial charge in [-0.25, -0.2) is 13.6 Å². The molecule has 5 nitrogen and oxygen atoms in total. The van der Waals surface area contributed by atoms with Gasteiger partial charge < -0.3 is 20.1 Å². The molecule has 2 N–H and O–H groups in total. The normalized spacial score (nSPS) is 27.3. The van der Waals surface area contributed by atoms with E-state index in [1.54, 1.807) is 4.90 Å². The van der Waals surface area contributed by atoms with E-state index in [9.17, 15) is 18.7 Å². The van der Waals surface area contributed by atoms with Crippen molar-refractivity contribution in [3.63, 3.8) is 0 Å². The number of aliphatic hydroxyl groups excluding tert-OH is 1. The van der Waals surface area contributed by atoms with Crippen molar-refractivity contribution in [1.82, 2.24) is 10.2 Å². The first-order valence-corrected chi connectivity index (χ1v) is 8.31. The van der Waals surface area contributed by atoms with E-state index in [1.807, 2.05) is 0 Å². The molecule has 1 aromatic rings. The first kappa shape index (κ1) is 17.1. The van der Waals surface area contributed by atoms with Gasteiger partial charge in [0, 0.05) is 26.3 Å². The number of ether oxygens (including phenoxy) is 1. The van der Waals surface area contributed by atoms with E-state index in [2.05, 4.69) is 5.32 Å². The summed E-state index contributed by atoms with van der Waals surface area (Å²) in [6.07, 6.45) is 1.92. The summed E-state index contributed by atoms with van der Waals surface area (Å²) >= 11 is 0. The van der Waals surface area contributed by atoms with Crippen molar-refractivity contribution in [2.75, 3.05) is 26.3 Å². The topological polar surface area (TPSA) is 61.8 Å². The van der Waals surface area contributed by atoms with Gasteiger partial charge in [0.15, 0.2) is 11.6 Å². The van der Waals surface area contributed by atoms with Crippen molar-refractivity contribution in [2.45, 2.75) is 31.4 Å². The van der Waals surface area contributed by atoms with Gasteiger partial charge in [-0.15, -0.1) is 0 Å². The fourth-order valence-corrected chi connectivity index (χ4v) is 3.40. The van der Waals surface area contributed by atoms with Gasteiger partial charge >= 0.3 is 6.03 Å². The Morgan fingerprint density at radius 2 is 2.17 bits per heavy atom. The van der Waals surface area contributed by atoms with Gasteiger partial charge in [0.2, 0.25) is 0 Å².